The third-order valence-electron chi connectivity index (χ3n) is 3.02. The van der Waals surface area contributed by atoms with Gasteiger partial charge >= 0.3 is 0 Å². The van der Waals surface area contributed by atoms with Gasteiger partial charge in [0.25, 0.3) is 0 Å². The molecule has 0 aliphatic carbocycles. The zero-order valence-electron chi connectivity index (χ0n) is 13.0. The molecule has 4 heteroatoms. The Kier molecular flexibility index (Phi) is 6.98. The van der Waals surface area contributed by atoms with Crippen LogP contribution in [0.3, 0.4) is 0 Å². The van der Waals surface area contributed by atoms with Crippen LogP contribution in [0, 0.1) is 0 Å². The van der Waals surface area contributed by atoms with Crippen molar-refractivity contribution in [3.05, 3.63) is 41.6 Å². The van der Waals surface area contributed by atoms with Crippen molar-refractivity contribution in [1.82, 2.24) is 4.90 Å². The monoisotopic (exact) mass is 274 g/mol. The topological polar surface area (TPSA) is 53.6 Å². The minimum absolute atomic E-state index is 0.583. The van der Waals surface area contributed by atoms with Crippen LogP contribution >= 0.6 is 0 Å². The van der Waals surface area contributed by atoms with E-state index in [0.29, 0.717) is 13.1 Å². The van der Waals surface area contributed by atoms with Gasteiger partial charge in [0.15, 0.2) is 0 Å². The summed E-state index contributed by atoms with van der Waals surface area (Å²) in [5.74, 6) is 0. The van der Waals surface area contributed by atoms with Gasteiger partial charge in [-0.05, 0) is 45.6 Å². The third kappa shape index (κ3) is 5.55. The van der Waals surface area contributed by atoms with Crippen LogP contribution in [-0.4, -0.2) is 44.3 Å². The number of hydrogen-bond donors (Lipinski definition) is 2. The Bertz CT molecular complexity index is 461. The van der Waals surface area contributed by atoms with E-state index in [4.69, 9.17) is 5.73 Å². The summed E-state index contributed by atoms with van der Waals surface area (Å²) in [6.45, 7) is 6.23. The van der Waals surface area contributed by atoms with Crippen molar-refractivity contribution in [2.24, 2.45) is 10.7 Å². The average molecular weight is 274 g/mol. The quantitative estimate of drug-likeness (QED) is 0.750. The second kappa shape index (κ2) is 8.51. The normalized spacial score (nSPS) is 13.4. The van der Waals surface area contributed by atoms with E-state index in [0.717, 1.165) is 17.9 Å². The van der Waals surface area contributed by atoms with Crippen molar-refractivity contribution in [2.45, 2.75) is 13.8 Å². The van der Waals surface area contributed by atoms with Gasteiger partial charge < -0.3 is 16.0 Å². The Hall–Kier alpha value is -1.65. The van der Waals surface area contributed by atoms with E-state index < -0.39 is 0 Å². The molecule has 4 nitrogen and oxygen atoms in total. The number of rotatable bonds is 7. The molecule has 0 spiro atoms. The van der Waals surface area contributed by atoms with Crippen LogP contribution in [-0.2, 0) is 0 Å². The molecule has 0 radical (unpaired) electrons. The van der Waals surface area contributed by atoms with Crippen molar-refractivity contribution in [2.75, 3.05) is 39.0 Å². The van der Waals surface area contributed by atoms with E-state index in [9.17, 15) is 0 Å². The number of aliphatic imine (C=N–C) groups is 1. The van der Waals surface area contributed by atoms with Gasteiger partial charge in [-0.1, -0.05) is 18.2 Å². The van der Waals surface area contributed by atoms with Gasteiger partial charge in [-0.2, -0.15) is 0 Å². The molecular weight excluding hydrogens is 248 g/mol. The Morgan fingerprint density at radius 2 is 1.85 bits per heavy atom. The van der Waals surface area contributed by atoms with Crippen LogP contribution in [0.15, 0.2) is 46.6 Å². The first-order valence-corrected chi connectivity index (χ1v) is 6.92. The lowest BCUT2D eigenvalue weighted by Gasteiger charge is -2.19. The second-order valence-electron chi connectivity index (χ2n) is 5.09. The Labute approximate surface area is 122 Å². The van der Waals surface area contributed by atoms with Gasteiger partial charge in [-0.25, -0.2) is 0 Å². The van der Waals surface area contributed by atoms with Gasteiger partial charge in [0.2, 0.25) is 0 Å². The molecule has 0 aliphatic heterocycles. The first-order chi connectivity index (χ1) is 9.54. The van der Waals surface area contributed by atoms with E-state index in [1.165, 1.54) is 11.3 Å². The zero-order chi connectivity index (χ0) is 15.0. The number of anilines is 1. The highest BCUT2D eigenvalue weighted by Crippen LogP contribution is 2.14. The molecule has 0 atom stereocenters. The molecular formula is C16H26N4. The predicted molar refractivity (Wildman–Crippen MR) is 88.3 cm³/mol. The zero-order valence-corrected chi connectivity index (χ0v) is 13.0. The molecule has 0 unspecified atom stereocenters. The molecule has 0 fully saturated rings. The summed E-state index contributed by atoms with van der Waals surface area (Å²) in [7, 11) is 4.12. The van der Waals surface area contributed by atoms with Crippen molar-refractivity contribution in [3.8, 4) is 0 Å². The minimum atomic E-state index is 0.583. The fourth-order valence-corrected chi connectivity index (χ4v) is 1.83. The standard InChI is InChI=1S/C16H26N4/c1-13(14(2)18-11-10-17)16(12-20(3)4)19-15-8-6-5-7-9-15/h5-9,19H,10-12,17H2,1-4H3. The molecule has 1 rings (SSSR count). The second-order valence-corrected chi connectivity index (χ2v) is 5.09. The number of allylic oxidation sites excluding steroid dienone is 1. The highest BCUT2D eigenvalue weighted by Gasteiger charge is 2.07. The van der Waals surface area contributed by atoms with Crippen molar-refractivity contribution < 1.29 is 0 Å². The summed E-state index contributed by atoms with van der Waals surface area (Å²) in [6, 6.07) is 10.2. The molecule has 0 bridgehead atoms. The van der Waals surface area contributed by atoms with Crippen LogP contribution in [0.25, 0.3) is 0 Å². The van der Waals surface area contributed by atoms with Crippen LogP contribution in [0.2, 0.25) is 0 Å². The summed E-state index contributed by atoms with van der Waals surface area (Å²) in [5, 5.41) is 3.49. The number of hydrogen-bond acceptors (Lipinski definition) is 4. The Balaban J connectivity index is 2.98. The molecule has 0 heterocycles. The number of para-hydroxylation sites is 1. The predicted octanol–water partition coefficient (Wildman–Crippen LogP) is 2.35. The number of nitrogens with two attached hydrogens (primary N) is 1. The van der Waals surface area contributed by atoms with Gasteiger partial charge in [-0.3, -0.25) is 4.99 Å². The smallest absolute Gasteiger partial charge is 0.0515 e. The number of benzene rings is 1. The maximum atomic E-state index is 5.51. The maximum absolute atomic E-state index is 5.51. The minimum Gasteiger partial charge on any atom is -0.358 e. The van der Waals surface area contributed by atoms with Crippen molar-refractivity contribution >= 4 is 11.4 Å². The Morgan fingerprint density at radius 1 is 1.20 bits per heavy atom. The van der Waals surface area contributed by atoms with Crippen LogP contribution in [0.4, 0.5) is 5.69 Å². The fraction of sp³-hybridized carbons (Fsp3) is 0.438. The van der Waals surface area contributed by atoms with E-state index in [-0.39, 0.29) is 0 Å². The molecule has 0 saturated carbocycles. The van der Waals surface area contributed by atoms with E-state index in [2.05, 4.69) is 48.4 Å². The lowest BCUT2D eigenvalue weighted by Crippen LogP contribution is -2.22. The number of likely N-dealkylation sites (N-methyl/N-ethyl adjacent to an activating group) is 1. The molecule has 0 aliphatic rings. The molecule has 1 aromatic rings. The molecule has 0 aromatic heterocycles. The summed E-state index contributed by atoms with van der Waals surface area (Å²) < 4.78 is 0. The van der Waals surface area contributed by atoms with E-state index in [1.807, 2.05) is 25.1 Å². The molecule has 0 saturated heterocycles. The molecule has 3 N–H and O–H groups in total. The summed E-state index contributed by atoms with van der Waals surface area (Å²) >= 11 is 0. The SMILES string of the molecule is CC(=NCCN)C(C)=C(CN(C)C)Nc1ccccc1. The lowest BCUT2D eigenvalue weighted by atomic mass is 10.1. The van der Waals surface area contributed by atoms with Crippen LogP contribution < -0.4 is 11.1 Å². The lowest BCUT2D eigenvalue weighted by molar-refractivity contribution is 0.445. The van der Waals surface area contributed by atoms with Crippen LogP contribution in [0.5, 0.6) is 0 Å². The molecule has 110 valence electrons. The number of nitrogens with one attached hydrogen (secondary N) is 1. The highest BCUT2D eigenvalue weighted by molar-refractivity contribution is 5.98. The maximum Gasteiger partial charge on any atom is 0.0515 e. The molecule has 20 heavy (non-hydrogen) atoms. The highest BCUT2D eigenvalue weighted by atomic mass is 15.1. The van der Waals surface area contributed by atoms with Gasteiger partial charge in [0.05, 0.1) is 6.54 Å². The first-order valence-electron chi connectivity index (χ1n) is 6.92. The first kappa shape index (κ1) is 16.4. The molecule has 1 aromatic carbocycles. The summed E-state index contributed by atoms with van der Waals surface area (Å²) in [5.41, 5.74) is 9.98. The van der Waals surface area contributed by atoms with Crippen molar-refractivity contribution in [3.63, 3.8) is 0 Å². The Morgan fingerprint density at radius 3 is 2.40 bits per heavy atom. The summed E-state index contributed by atoms with van der Waals surface area (Å²) in [6.07, 6.45) is 0. The van der Waals surface area contributed by atoms with Gasteiger partial charge in [0, 0.05) is 30.2 Å². The van der Waals surface area contributed by atoms with Gasteiger partial charge in [0.1, 0.15) is 0 Å². The summed E-state index contributed by atoms with van der Waals surface area (Å²) in [4.78, 5) is 6.63. The average Bonchev–Trinajstić information content (AvgIpc) is 2.44. The number of nitrogens with zero attached hydrogens (tertiary/aromatic N) is 2. The largest absolute Gasteiger partial charge is 0.358 e. The van der Waals surface area contributed by atoms with Gasteiger partial charge in [-0.15, -0.1) is 0 Å². The van der Waals surface area contributed by atoms with E-state index >= 15 is 0 Å². The third-order valence-corrected chi connectivity index (χ3v) is 3.02. The van der Waals surface area contributed by atoms with Crippen LogP contribution in [0.1, 0.15) is 13.8 Å². The fourth-order valence-electron chi connectivity index (χ4n) is 1.83. The van der Waals surface area contributed by atoms with Crippen molar-refractivity contribution in [1.29, 1.82) is 0 Å². The van der Waals surface area contributed by atoms with E-state index in [1.54, 1.807) is 0 Å². The molecule has 0 amide bonds.